The summed E-state index contributed by atoms with van der Waals surface area (Å²) >= 11 is 0. The van der Waals surface area contributed by atoms with Crippen LogP contribution in [0.5, 0.6) is 5.75 Å². The Morgan fingerprint density at radius 2 is 1.84 bits per heavy atom. The predicted octanol–water partition coefficient (Wildman–Crippen LogP) is 5.82. The van der Waals surface area contributed by atoms with Gasteiger partial charge in [0.1, 0.15) is 23.7 Å². The second kappa shape index (κ2) is 9.57. The molecule has 0 aliphatic carbocycles. The van der Waals surface area contributed by atoms with Gasteiger partial charge in [-0.05, 0) is 48.6 Å². The van der Waals surface area contributed by atoms with Crippen molar-refractivity contribution < 1.29 is 9.47 Å². The third-order valence-corrected chi connectivity index (χ3v) is 5.41. The van der Waals surface area contributed by atoms with Crippen molar-refractivity contribution in [1.82, 2.24) is 14.5 Å². The number of rotatable bonds is 9. The van der Waals surface area contributed by atoms with Crippen molar-refractivity contribution in [3.8, 4) is 16.9 Å². The molecule has 2 aromatic heterocycles. The van der Waals surface area contributed by atoms with Crippen molar-refractivity contribution in [3.05, 3.63) is 48.3 Å². The number of nitrogen functional groups attached to an aromatic ring is 1. The van der Waals surface area contributed by atoms with E-state index < -0.39 is 0 Å². The summed E-state index contributed by atoms with van der Waals surface area (Å²) in [5.74, 6) is 2.68. The van der Waals surface area contributed by atoms with Crippen molar-refractivity contribution in [3.63, 3.8) is 0 Å². The lowest BCUT2D eigenvalue weighted by molar-refractivity contribution is 0.125. The summed E-state index contributed by atoms with van der Waals surface area (Å²) in [6, 6.07) is 14.5. The summed E-state index contributed by atoms with van der Waals surface area (Å²) in [7, 11) is 0. The molecule has 6 heteroatoms. The van der Waals surface area contributed by atoms with Crippen LogP contribution in [0.25, 0.3) is 33.1 Å². The lowest BCUT2D eigenvalue weighted by Crippen LogP contribution is -2.10. The SMILES string of the molecule is CCCOc1cccc(-c2ccc3c(c2)nc(N)c2nc(COCC)n(CC(C)C)c23)c1. The zero-order chi connectivity index (χ0) is 22.7. The van der Waals surface area contributed by atoms with Gasteiger partial charge in [0.05, 0.1) is 17.6 Å². The first kappa shape index (κ1) is 22.1. The van der Waals surface area contributed by atoms with Crippen LogP contribution in [0.3, 0.4) is 0 Å². The number of nitrogens with two attached hydrogens (primary N) is 1. The van der Waals surface area contributed by atoms with Gasteiger partial charge in [0.2, 0.25) is 0 Å². The molecule has 0 atom stereocenters. The lowest BCUT2D eigenvalue weighted by atomic mass is 10.0. The van der Waals surface area contributed by atoms with E-state index in [0.717, 1.165) is 57.6 Å². The summed E-state index contributed by atoms with van der Waals surface area (Å²) < 4.78 is 13.7. The molecular formula is C26H32N4O2. The van der Waals surface area contributed by atoms with E-state index in [1.54, 1.807) is 0 Å². The average Bonchev–Trinajstić information content (AvgIpc) is 3.14. The van der Waals surface area contributed by atoms with Crippen molar-refractivity contribution >= 4 is 27.8 Å². The Morgan fingerprint density at radius 1 is 1.03 bits per heavy atom. The van der Waals surface area contributed by atoms with E-state index in [4.69, 9.17) is 25.2 Å². The fraction of sp³-hybridized carbons (Fsp3) is 0.385. The monoisotopic (exact) mass is 432 g/mol. The van der Waals surface area contributed by atoms with Gasteiger partial charge in [-0.15, -0.1) is 0 Å². The minimum Gasteiger partial charge on any atom is -0.494 e. The molecule has 0 radical (unpaired) electrons. The molecule has 0 fully saturated rings. The highest BCUT2D eigenvalue weighted by Gasteiger charge is 2.18. The molecule has 4 aromatic rings. The number of ether oxygens (including phenoxy) is 2. The summed E-state index contributed by atoms with van der Waals surface area (Å²) in [6.07, 6.45) is 0.981. The predicted molar refractivity (Wildman–Crippen MR) is 131 cm³/mol. The smallest absolute Gasteiger partial charge is 0.152 e. The topological polar surface area (TPSA) is 75.2 Å². The zero-order valence-corrected chi connectivity index (χ0v) is 19.4. The van der Waals surface area contributed by atoms with Gasteiger partial charge in [-0.25, -0.2) is 9.97 Å². The number of hydrogen-bond donors (Lipinski definition) is 1. The van der Waals surface area contributed by atoms with Gasteiger partial charge in [-0.2, -0.15) is 0 Å². The normalized spacial score (nSPS) is 11.7. The largest absolute Gasteiger partial charge is 0.494 e. The summed E-state index contributed by atoms with van der Waals surface area (Å²) in [5, 5.41) is 1.05. The van der Waals surface area contributed by atoms with E-state index in [1.165, 1.54) is 0 Å². The van der Waals surface area contributed by atoms with Gasteiger partial charge in [0.25, 0.3) is 0 Å². The Labute approximate surface area is 189 Å². The second-order valence-corrected chi connectivity index (χ2v) is 8.47. The highest BCUT2D eigenvalue weighted by atomic mass is 16.5. The van der Waals surface area contributed by atoms with Crippen LogP contribution >= 0.6 is 0 Å². The van der Waals surface area contributed by atoms with Gasteiger partial charge < -0.3 is 19.8 Å². The van der Waals surface area contributed by atoms with Gasteiger partial charge in [0, 0.05) is 18.5 Å². The van der Waals surface area contributed by atoms with E-state index in [-0.39, 0.29) is 0 Å². The standard InChI is InChI=1S/C26H32N4O2/c1-5-12-32-20-9-7-8-18(13-20)19-10-11-21-22(14-19)28-26(27)24-25(21)30(15-17(3)4)23(29-24)16-31-6-2/h7-11,13-14,17H,5-6,12,15-16H2,1-4H3,(H2,27,28). The Bertz CT molecular complexity index is 1230. The maximum atomic E-state index is 6.38. The van der Waals surface area contributed by atoms with E-state index in [2.05, 4.69) is 55.7 Å². The van der Waals surface area contributed by atoms with Crippen LogP contribution in [0.4, 0.5) is 5.82 Å². The Morgan fingerprint density at radius 3 is 2.59 bits per heavy atom. The third-order valence-electron chi connectivity index (χ3n) is 5.41. The molecule has 2 aromatic carbocycles. The number of aromatic nitrogens is 3. The van der Waals surface area contributed by atoms with Crippen LogP contribution in [-0.4, -0.2) is 27.7 Å². The fourth-order valence-corrected chi connectivity index (χ4v) is 3.99. The molecule has 0 unspecified atom stereocenters. The number of anilines is 1. The van der Waals surface area contributed by atoms with Gasteiger partial charge in [-0.3, -0.25) is 0 Å². The van der Waals surface area contributed by atoms with Crippen LogP contribution in [0.1, 0.15) is 39.9 Å². The maximum absolute atomic E-state index is 6.38. The Kier molecular flexibility index (Phi) is 6.61. The third kappa shape index (κ3) is 4.41. The number of imidazole rings is 1. The molecule has 2 N–H and O–H groups in total. The molecule has 0 spiro atoms. The van der Waals surface area contributed by atoms with Crippen molar-refractivity contribution in [2.45, 2.75) is 47.3 Å². The van der Waals surface area contributed by atoms with Crippen molar-refractivity contribution in [2.75, 3.05) is 18.9 Å². The molecule has 0 saturated carbocycles. The molecule has 0 saturated heterocycles. The number of nitrogens with zero attached hydrogens (tertiary/aromatic N) is 3. The van der Waals surface area contributed by atoms with E-state index in [9.17, 15) is 0 Å². The molecule has 0 amide bonds. The van der Waals surface area contributed by atoms with E-state index in [0.29, 0.717) is 31.6 Å². The van der Waals surface area contributed by atoms with Gasteiger partial charge in [-0.1, -0.05) is 45.0 Å². The summed E-state index contributed by atoms with van der Waals surface area (Å²) in [4.78, 5) is 9.51. The molecule has 168 valence electrons. The minimum atomic E-state index is 0.449. The molecular weight excluding hydrogens is 400 g/mol. The van der Waals surface area contributed by atoms with Crippen LogP contribution in [0, 0.1) is 5.92 Å². The zero-order valence-electron chi connectivity index (χ0n) is 19.4. The quantitative estimate of drug-likeness (QED) is 0.361. The molecule has 0 aliphatic rings. The fourth-order valence-electron chi connectivity index (χ4n) is 3.99. The Hall–Kier alpha value is -3.12. The number of pyridine rings is 1. The minimum absolute atomic E-state index is 0.449. The molecule has 4 rings (SSSR count). The number of benzene rings is 2. The van der Waals surface area contributed by atoms with E-state index in [1.807, 2.05) is 19.1 Å². The van der Waals surface area contributed by atoms with Gasteiger partial charge in [0.15, 0.2) is 5.82 Å². The van der Waals surface area contributed by atoms with Crippen LogP contribution in [0.15, 0.2) is 42.5 Å². The lowest BCUT2D eigenvalue weighted by Gasteiger charge is -2.13. The molecule has 6 nitrogen and oxygen atoms in total. The van der Waals surface area contributed by atoms with Crippen LogP contribution < -0.4 is 10.5 Å². The summed E-state index contributed by atoms with van der Waals surface area (Å²) in [6.45, 7) is 11.2. The first-order valence-electron chi connectivity index (χ1n) is 11.4. The molecule has 0 bridgehead atoms. The van der Waals surface area contributed by atoms with E-state index >= 15 is 0 Å². The molecule has 0 aliphatic heterocycles. The highest BCUT2D eigenvalue weighted by molar-refractivity contribution is 6.07. The average molecular weight is 433 g/mol. The van der Waals surface area contributed by atoms with Crippen molar-refractivity contribution in [2.24, 2.45) is 5.92 Å². The maximum Gasteiger partial charge on any atom is 0.152 e. The molecule has 2 heterocycles. The van der Waals surface area contributed by atoms with Crippen LogP contribution in [0.2, 0.25) is 0 Å². The van der Waals surface area contributed by atoms with Gasteiger partial charge >= 0.3 is 0 Å². The number of fused-ring (bicyclic) bond motifs is 3. The first-order chi connectivity index (χ1) is 15.5. The summed E-state index contributed by atoms with van der Waals surface area (Å²) in [5.41, 5.74) is 11.2. The Balaban J connectivity index is 1.85. The van der Waals surface area contributed by atoms with Crippen LogP contribution in [-0.2, 0) is 17.9 Å². The first-order valence-corrected chi connectivity index (χ1v) is 11.4. The number of hydrogen-bond acceptors (Lipinski definition) is 5. The molecule has 32 heavy (non-hydrogen) atoms. The second-order valence-electron chi connectivity index (χ2n) is 8.47. The van der Waals surface area contributed by atoms with Crippen molar-refractivity contribution in [1.29, 1.82) is 0 Å². The highest BCUT2D eigenvalue weighted by Crippen LogP contribution is 2.33.